The maximum atomic E-state index is 5.54. The van der Waals surface area contributed by atoms with Gasteiger partial charge < -0.3 is 9.72 Å². The summed E-state index contributed by atoms with van der Waals surface area (Å²) in [7, 11) is 0. The molecule has 0 atom stereocenters. The van der Waals surface area contributed by atoms with Crippen LogP contribution in [0.4, 0.5) is 0 Å². The second-order valence-corrected chi connectivity index (χ2v) is 4.69. The van der Waals surface area contributed by atoms with E-state index in [0.29, 0.717) is 0 Å². The largest absolute Gasteiger partial charge is 0.493 e. The topological polar surface area (TPSA) is 25.0 Å². The summed E-state index contributed by atoms with van der Waals surface area (Å²) in [4.78, 5) is 3.46. The molecule has 1 aromatic heterocycles. The number of aromatic nitrogens is 1. The second kappa shape index (κ2) is 3.64. The number of aromatic amines is 1. The predicted octanol–water partition coefficient (Wildman–Crippen LogP) is 3.77. The van der Waals surface area contributed by atoms with Crippen LogP contribution in [0.15, 0.2) is 48.5 Å². The SMILES string of the molecule is c1ccc2[nH]c(-c3ccc4c(c3)CCO4)cc2c1. The van der Waals surface area contributed by atoms with Crippen LogP contribution in [-0.2, 0) is 6.42 Å². The van der Waals surface area contributed by atoms with E-state index in [2.05, 4.69) is 53.5 Å². The van der Waals surface area contributed by atoms with E-state index in [9.17, 15) is 0 Å². The summed E-state index contributed by atoms with van der Waals surface area (Å²) in [5, 5.41) is 1.25. The Bertz CT molecular complexity index is 694. The van der Waals surface area contributed by atoms with Gasteiger partial charge in [-0.2, -0.15) is 0 Å². The first kappa shape index (κ1) is 9.77. The van der Waals surface area contributed by atoms with Gasteiger partial charge in [0.2, 0.25) is 0 Å². The third-order valence-electron chi connectivity index (χ3n) is 3.53. The number of nitrogens with one attached hydrogen (secondary N) is 1. The molecule has 0 radical (unpaired) electrons. The Hall–Kier alpha value is -2.22. The maximum Gasteiger partial charge on any atom is 0.122 e. The molecule has 4 rings (SSSR count). The lowest BCUT2D eigenvalue weighted by Gasteiger charge is -2.01. The smallest absolute Gasteiger partial charge is 0.122 e. The van der Waals surface area contributed by atoms with E-state index in [1.54, 1.807) is 0 Å². The van der Waals surface area contributed by atoms with Gasteiger partial charge in [0.25, 0.3) is 0 Å². The standard InChI is InChI=1S/C16H13NO/c1-2-4-14-11(3-1)10-15(17-14)12-5-6-16-13(9-12)7-8-18-16/h1-6,9-10,17H,7-8H2. The zero-order valence-corrected chi connectivity index (χ0v) is 9.94. The van der Waals surface area contributed by atoms with Crippen molar-refractivity contribution in [3.63, 3.8) is 0 Å². The Balaban J connectivity index is 1.86. The van der Waals surface area contributed by atoms with Gasteiger partial charge >= 0.3 is 0 Å². The van der Waals surface area contributed by atoms with Crippen LogP contribution >= 0.6 is 0 Å². The number of H-pyrrole nitrogens is 1. The number of fused-ring (bicyclic) bond motifs is 2. The second-order valence-electron chi connectivity index (χ2n) is 4.69. The highest BCUT2D eigenvalue weighted by molar-refractivity contribution is 5.85. The molecule has 2 nitrogen and oxygen atoms in total. The van der Waals surface area contributed by atoms with E-state index in [1.807, 2.05) is 0 Å². The van der Waals surface area contributed by atoms with Crippen LogP contribution in [0.25, 0.3) is 22.2 Å². The van der Waals surface area contributed by atoms with E-state index >= 15 is 0 Å². The molecule has 2 aromatic carbocycles. The monoisotopic (exact) mass is 235 g/mol. The lowest BCUT2D eigenvalue weighted by molar-refractivity contribution is 0.357. The Labute approximate surface area is 105 Å². The van der Waals surface area contributed by atoms with Crippen LogP contribution in [0.5, 0.6) is 5.75 Å². The molecule has 2 heterocycles. The number of benzene rings is 2. The fraction of sp³-hybridized carbons (Fsp3) is 0.125. The molecule has 88 valence electrons. The van der Waals surface area contributed by atoms with Crippen molar-refractivity contribution in [1.82, 2.24) is 4.98 Å². The van der Waals surface area contributed by atoms with Crippen molar-refractivity contribution in [1.29, 1.82) is 0 Å². The first-order chi connectivity index (χ1) is 8.90. The molecule has 0 aliphatic carbocycles. The van der Waals surface area contributed by atoms with Crippen LogP contribution in [0.3, 0.4) is 0 Å². The number of para-hydroxylation sites is 1. The van der Waals surface area contributed by atoms with Crippen molar-refractivity contribution in [2.45, 2.75) is 6.42 Å². The molecule has 0 saturated heterocycles. The number of ether oxygens (including phenoxy) is 1. The summed E-state index contributed by atoms with van der Waals surface area (Å²) < 4.78 is 5.54. The molecule has 0 spiro atoms. The summed E-state index contributed by atoms with van der Waals surface area (Å²) in [6, 6.07) is 17.0. The van der Waals surface area contributed by atoms with E-state index in [0.717, 1.165) is 18.8 Å². The van der Waals surface area contributed by atoms with Gasteiger partial charge in [-0.25, -0.2) is 0 Å². The summed E-state index contributed by atoms with van der Waals surface area (Å²) in [5.41, 5.74) is 4.90. The van der Waals surface area contributed by atoms with E-state index in [1.165, 1.54) is 27.7 Å². The van der Waals surface area contributed by atoms with Crippen LogP contribution in [0, 0.1) is 0 Å². The highest BCUT2D eigenvalue weighted by Crippen LogP contribution is 2.31. The molecule has 1 N–H and O–H groups in total. The van der Waals surface area contributed by atoms with Crippen LogP contribution in [0.1, 0.15) is 5.56 Å². The summed E-state index contributed by atoms with van der Waals surface area (Å²) in [6.45, 7) is 0.811. The molecule has 0 bridgehead atoms. The van der Waals surface area contributed by atoms with Crippen molar-refractivity contribution < 1.29 is 4.74 Å². The van der Waals surface area contributed by atoms with Gasteiger partial charge in [-0.3, -0.25) is 0 Å². The van der Waals surface area contributed by atoms with Gasteiger partial charge in [0.15, 0.2) is 0 Å². The highest BCUT2D eigenvalue weighted by atomic mass is 16.5. The average Bonchev–Trinajstić information content (AvgIpc) is 3.04. The Morgan fingerprint density at radius 3 is 2.89 bits per heavy atom. The van der Waals surface area contributed by atoms with Crippen molar-refractivity contribution in [3.8, 4) is 17.0 Å². The molecule has 0 fully saturated rings. The zero-order valence-electron chi connectivity index (χ0n) is 9.94. The third kappa shape index (κ3) is 1.42. The predicted molar refractivity (Wildman–Crippen MR) is 72.9 cm³/mol. The first-order valence-electron chi connectivity index (χ1n) is 6.24. The van der Waals surface area contributed by atoms with Crippen LogP contribution in [-0.4, -0.2) is 11.6 Å². The number of hydrogen-bond donors (Lipinski definition) is 1. The molecule has 0 saturated carbocycles. The van der Waals surface area contributed by atoms with Crippen LogP contribution in [0.2, 0.25) is 0 Å². The molecule has 1 aliphatic rings. The minimum Gasteiger partial charge on any atom is -0.493 e. The molecule has 0 unspecified atom stereocenters. The van der Waals surface area contributed by atoms with Crippen LogP contribution < -0.4 is 4.74 Å². The molecule has 0 amide bonds. The molecular formula is C16H13NO. The van der Waals surface area contributed by atoms with Crippen molar-refractivity contribution in [2.75, 3.05) is 6.61 Å². The Morgan fingerprint density at radius 1 is 1.00 bits per heavy atom. The molecule has 1 aliphatic heterocycles. The molecular weight excluding hydrogens is 222 g/mol. The van der Waals surface area contributed by atoms with Crippen molar-refractivity contribution in [2.24, 2.45) is 0 Å². The maximum absolute atomic E-state index is 5.54. The van der Waals surface area contributed by atoms with E-state index in [4.69, 9.17) is 4.74 Å². The summed E-state index contributed by atoms with van der Waals surface area (Å²) in [6.07, 6.45) is 1.02. The fourth-order valence-electron chi connectivity index (χ4n) is 2.58. The fourth-order valence-corrected chi connectivity index (χ4v) is 2.58. The summed E-state index contributed by atoms with van der Waals surface area (Å²) in [5.74, 6) is 1.04. The van der Waals surface area contributed by atoms with Gasteiger partial charge in [-0.15, -0.1) is 0 Å². The molecule has 18 heavy (non-hydrogen) atoms. The Kier molecular flexibility index (Phi) is 1.97. The van der Waals surface area contributed by atoms with Gasteiger partial charge in [-0.05, 0) is 41.5 Å². The van der Waals surface area contributed by atoms with Gasteiger partial charge in [-0.1, -0.05) is 18.2 Å². The minimum atomic E-state index is 0.811. The lowest BCUT2D eigenvalue weighted by atomic mass is 10.1. The average molecular weight is 235 g/mol. The lowest BCUT2D eigenvalue weighted by Crippen LogP contribution is -1.85. The minimum absolute atomic E-state index is 0.811. The Morgan fingerprint density at radius 2 is 1.94 bits per heavy atom. The third-order valence-corrected chi connectivity index (χ3v) is 3.53. The van der Waals surface area contributed by atoms with E-state index in [-0.39, 0.29) is 0 Å². The molecule has 2 heteroatoms. The van der Waals surface area contributed by atoms with Gasteiger partial charge in [0.05, 0.1) is 6.61 Å². The number of rotatable bonds is 1. The quantitative estimate of drug-likeness (QED) is 0.682. The molecule has 3 aromatic rings. The first-order valence-corrected chi connectivity index (χ1v) is 6.24. The number of hydrogen-bond acceptors (Lipinski definition) is 1. The zero-order chi connectivity index (χ0) is 11.9. The normalized spacial score (nSPS) is 13.6. The van der Waals surface area contributed by atoms with Gasteiger partial charge in [0.1, 0.15) is 5.75 Å². The summed E-state index contributed by atoms with van der Waals surface area (Å²) >= 11 is 0. The van der Waals surface area contributed by atoms with Crippen molar-refractivity contribution >= 4 is 10.9 Å². The highest BCUT2D eigenvalue weighted by Gasteiger charge is 2.13. The van der Waals surface area contributed by atoms with E-state index < -0.39 is 0 Å². The van der Waals surface area contributed by atoms with Gasteiger partial charge in [0, 0.05) is 23.0 Å². The van der Waals surface area contributed by atoms with Crippen molar-refractivity contribution in [3.05, 3.63) is 54.1 Å².